The Hall–Kier alpha value is -3.38. The third-order valence-electron chi connectivity index (χ3n) is 4.67. The van der Waals surface area contributed by atoms with Gasteiger partial charge in [-0.3, -0.25) is 4.79 Å². The highest BCUT2D eigenvalue weighted by Crippen LogP contribution is 2.35. The molecule has 1 aromatic heterocycles. The maximum Gasteiger partial charge on any atom is 0.257 e. The van der Waals surface area contributed by atoms with Gasteiger partial charge in [-0.15, -0.1) is 0 Å². The number of oxazole rings is 1. The number of thioether (sulfide) groups is 1. The summed E-state index contributed by atoms with van der Waals surface area (Å²) in [6.45, 7) is 0.487. The molecule has 156 valence electrons. The van der Waals surface area contributed by atoms with Crippen LogP contribution in [0.5, 0.6) is 0 Å². The zero-order valence-electron chi connectivity index (χ0n) is 16.8. The summed E-state index contributed by atoms with van der Waals surface area (Å²) in [4.78, 5) is 16.9. The molecule has 0 unspecified atom stereocenters. The molecule has 0 aliphatic carbocycles. The molecule has 0 aliphatic rings. The zero-order valence-corrected chi connectivity index (χ0v) is 17.6. The lowest BCUT2D eigenvalue weighted by atomic mass is 10.1. The number of aromatic nitrogens is 1. The summed E-state index contributed by atoms with van der Waals surface area (Å²) in [5, 5.41) is 3.33. The topological polar surface area (TPSA) is 55.1 Å². The number of nitrogens with zero attached hydrogens (tertiary/aromatic N) is 1. The first-order valence-corrected chi connectivity index (χ1v) is 10.9. The SMILES string of the molecule is O=C(CSc1nc(-c2ccccc2)c(-c2ccccc2)o1)NCCc1ccc(F)cc1. The fourth-order valence-electron chi connectivity index (χ4n) is 3.11. The van der Waals surface area contributed by atoms with E-state index in [1.54, 1.807) is 12.1 Å². The van der Waals surface area contributed by atoms with E-state index in [2.05, 4.69) is 10.3 Å². The molecule has 4 rings (SSSR count). The van der Waals surface area contributed by atoms with E-state index in [4.69, 9.17) is 4.42 Å². The summed E-state index contributed by atoms with van der Waals surface area (Å²) < 4.78 is 19.0. The second-order valence-corrected chi connectivity index (χ2v) is 7.83. The Balaban J connectivity index is 1.39. The molecular weight excluding hydrogens is 411 g/mol. The molecule has 3 aromatic carbocycles. The van der Waals surface area contributed by atoms with Crippen LogP contribution < -0.4 is 5.32 Å². The lowest BCUT2D eigenvalue weighted by molar-refractivity contribution is -0.118. The molecule has 31 heavy (non-hydrogen) atoms. The Labute approximate surface area is 184 Å². The van der Waals surface area contributed by atoms with E-state index in [-0.39, 0.29) is 17.5 Å². The molecule has 0 saturated heterocycles. The number of carbonyl (C=O) groups is 1. The van der Waals surface area contributed by atoms with Crippen molar-refractivity contribution in [3.8, 4) is 22.6 Å². The molecule has 4 aromatic rings. The Morgan fingerprint density at radius 2 is 1.55 bits per heavy atom. The first-order valence-electron chi connectivity index (χ1n) is 9.94. The van der Waals surface area contributed by atoms with Crippen molar-refractivity contribution < 1.29 is 13.6 Å². The summed E-state index contributed by atoms with van der Waals surface area (Å²) in [6, 6.07) is 25.9. The van der Waals surface area contributed by atoms with Crippen molar-refractivity contribution in [2.75, 3.05) is 12.3 Å². The lowest BCUT2D eigenvalue weighted by Gasteiger charge is -2.04. The highest BCUT2D eigenvalue weighted by Gasteiger charge is 2.17. The van der Waals surface area contributed by atoms with Gasteiger partial charge in [0, 0.05) is 17.7 Å². The molecule has 4 nitrogen and oxygen atoms in total. The number of carbonyl (C=O) groups excluding carboxylic acids is 1. The number of halogens is 1. The summed E-state index contributed by atoms with van der Waals surface area (Å²) in [5.74, 6) is 0.519. The predicted octanol–water partition coefficient (Wildman–Crippen LogP) is 5.60. The third kappa shape index (κ3) is 5.61. The average molecular weight is 433 g/mol. The second-order valence-electron chi connectivity index (χ2n) is 6.90. The predicted molar refractivity (Wildman–Crippen MR) is 121 cm³/mol. The van der Waals surface area contributed by atoms with Gasteiger partial charge in [0.25, 0.3) is 5.22 Å². The lowest BCUT2D eigenvalue weighted by Crippen LogP contribution is -2.27. The molecule has 0 spiro atoms. The van der Waals surface area contributed by atoms with Gasteiger partial charge in [-0.05, 0) is 24.1 Å². The Morgan fingerprint density at radius 3 is 2.23 bits per heavy atom. The fourth-order valence-corrected chi connectivity index (χ4v) is 3.77. The van der Waals surface area contributed by atoms with Crippen LogP contribution >= 0.6 is 11.8 Å². The number of benzene rings is 3. The quantitative estimate of drug-likeness (QED) is 0.368. The number of hydrogen-bond acceptors (Lipinski definition) is 4. The highest BCUT2D eigenvalue weighted by molar-refractivity contribution is 7.99. The van der Waals surface area contributed by atoms with Crippen molar-refractivity contribution in [1.82, 2.24) is 10.3 Å². The van der Waals surface area contributed by atoms with Gasteiger partial charge < -0.3 is 9.73 Å². The monoisotopic (exact) mass is 432 g/mol. The second kappa shape index (κ2) is 10.1. The van der Waals surface area contributed by atoms with Gasteiger partial charge in [-0.1, -0.05) is 84.6 Å². The van der Waals surface area contributed by atoms with Crippen LogP contribution in [0.1, 0.15) is 5.56 Å². The van der Waals surface area contributed by atoms with Crippen LogP contribution in [0, 0.1) is 5.82 Å². The van der Waals surface area contributed by atoms with Gasteiger partial charge in [-0.25, -0.2) is 9.37 Å². The van der Waals surface area contributed by atoms with Crippen LogP contribution in [-0.2, 0) is 11.2 Å². The molecular formula is C25H21FN2O2S. The molecule has 0 bridgehead atoms. The smallest absolute Gasteiger partial charge is 0.257 e. The minimum absolute atomic E-state index is 0.104. The number of amides is 1. The van der Waals surface area contributed by atoms with Crippen LogP contribution in [0.15, 0.2) is 94.6 Å². The van der Waals surface area contributed by atoms with Gasteiger partial charge >= 0.3 is 0 Å². The zero-order chi connectivity index (χ0) is 21.5. The molecule has 0 aliphatic heterocycles. The van der Waals surface area contributed by atoms with Crippen molar-refractivity contribution in [2.24, 2.45) is 0 Å². The highest BCUT2D eigenvalue weighted by atomic mass is 32.2. The van der Waals surface area contributed by atoms with E-state index in [1.807, 2.05) is 60.7 Å². The van der Waals surface area contributed by atoms with Gasteiger partial charge in [0.1, 0.15) is 11.5 Å². The van der Waals surface area contributed by atoms with Gasteiger partial charge in [-0.2, -0.15) is 0 Å². The van der Waals surface area contributed by atoms with Gasteiger partial charge in [0.05, 0.1) is 5.75 Å². The molecule has 0 atom stereocenters. The minimum atomic E-state index is -0.264. The van der Waals surface area contributed by atoms with E-state index < -0.39 is 0 Å². The van der Waals surface area contributed by atoms with Crippen molar-refractivity contribution in [3.05, 3.63) is 96.3 Å². The summed E-state index contributed by atoms with van der Waals surface area (Å²) in [6.07, 6.45) is 0.645. The first-order chi connectivity index (χ1) is 15.2. The van der Waals surface area contributed by atoms with Crippen LogP contribution in [-0.4, -0.2) is 23.2 Å². The Morgan fingerprint density at radius 1 is 0.903 bits per heavy atom. The Kier molecular flexibility index (Phi) is 6.79. The standard InChI is InChI=1S/C25H21FN2O2S/c26-21-13-11-18(12-14-21)15-16-27-22(29)17-31-25-28-23(19-7-3-1-4-8-19)24(30-25)20-9-5-2-6-10-20/h1-14H,15-17H2,(H,27,29). The first kappa shape index (κ1) is 20.9. The minimum Gasteiger partial charge on any atom is -0.431 e. The van der Waals surface area contributed by atoms with Crippen LogP contribution in [0.3, 0.4) is 0 Å². The van der Waals surface area contributed by atoms with E-state index in [0.29, 0.717) is 23.9 Å². The maximum absolute atomic E-state index is 13.0. The normalized spacial score (nSPS) is 10.7. The Bertz CT molecular complexity index is 1070. The van der Waals surface area contributed by atoms with E-state index >= 15 is 0 Å². The van der Waals surface area contributed by atoms with Crippen molar-refractivity contribution in [1.29, 1.82) is 0 Å². The fraction of sp³-hybridized carbons (Fsp3) is 0.120. The maximum atomic E-state index is 13.0. The number of nitrogens with one attached hydrogen (secondary N) is 1. The number of rotatable bonds is 8. The van der Waals surface area contributed by atoms with Crippen molar-refractivity contribution >= 4 is 17.7 Å². The van der Waals surface area contributed by atoms with Crippen LogP contribution in [0.25, 0.3) is 22.6 Å². The summed E-state index contributed by atoms with van der Waals surface area (Å²) in [7, 11) is 0. The largest absolute Gasteiger partial charge is 0.431 e. The van der Waals surface area contributed by atoms with Crippen molar-refractivity contribution in [2.45, 2.75) is 11.6 Å². The van der Waals surface area contributed by atoms with E-state index in [1.165, 1.54) is 23.9 Å². The van der Waals surface area contributed by atoms with E-state index in [0.717, 1.165) is 22.4 Å². The van der Waals surface area contributed by atoms with Crippen LogP contribution in [0.4, 0.5) is 4.39 Å². The molecule has 0 radical (unpaired) electrons. The van der Waals surface area contributed by atoms with Gasteiger partial charge in [0.2, 0.25) is 5.91 Å². The average Bonchev–Trinajstić information content (AvgIpc) is 3.25. The third-order valence-corrected chi connectivity index (χ3v) is 5.49. The molecule has 1 amide bonds. The summed E-state index contributed by atoms with van der Waals surface area (Å²) >= 11 is 1.26. The van der Waals surface area contributed by atoms with Gasteiger partial charge in [0.15, 0.2) is 5.76 Å². The summed E-state index contributed by atoms with van der Waals surface area (Å²) in [5.41, 5.74) is 3.62. The number of hydrogen-bond donors (Lipinski definition) is 1. The van der Waals surface area contributed by atoms with E-state index in [9.17, 15) is 9.18 Å². The van der Waals surface area contributed by atoms with Crippen LogP contribution in [0.2, 0.25) is 0 Å². The van der Waals surface area contributed by atoms with Crippen molar-refractivity contribution in [3.63, 3.8) is 0 Å². The molecule has 1 heterocycles. The molecule has 6 heteroatoms. The molecule has 0 fully saturated rings. The molecule has 0 saturated carbocycles. The molecule has 1 N–H and O–H groups in total.